The second-order valence-electron chi connectivity index (χ2n) is 4.34. The van der Waals surface area contributed by atoms with Crippen molar-refractivity contribution in [1.29, 1.82) is 0 Å². The van der Waals surface area contributed by atoms with Gasteiger partial charge in [0.05, 0.1) is 0 Å². The molecule has 3 rings (SSSR count). The van der Waals surface area contributed by atoms with Gasteiger partial charge < -0.3 is 4.90 Å². The van der Waals surface area contributed by atoms with E-state index >= 15 is 0 Å². The first-order valence-electron chi connectivity index (χ1n) is 6.13. The molecule has 0 unspecified atom stereocenters. The van der Waals surface area contributed by atoms with E-state index in [1.807, 2.05) is 28.5 Å². The van der Waals surface area contributed by atoms with Gasteiger partial charge in [0.25, 0.3) is 5.91 Å². The van der Waals surface area contributed by atoms with E-state index in [-0.39, 0.29) is 5.91 Å². The Hall–Kier alpha value is -1.50. The third-order valence-electron chi connectivity index (χ3n) is 3.02. The Kier molecular flexibility index (Phi) is 3.95. The van der Waals surface area contributed by atoms with Crippen molar-refractivity contribution in [3.63, 3.8) is 0 Å². The number of hydrogen-bond donors (Lipinski definition) is 1. The van der Waals surface area contributed by atoms with Gasteiger partial charge in [0.15, 0.2) is 5.11 Å². The summed E-state index contributed by atoms with van der Waals surface area (Å²) >= 11 is 8.53. The molecule has 6 heteroatoms. The first kappa shape index (κ1) is 13.5. The van der Waals surface area contributed by atoms with Crippen molar-refractivity contribution in [3.8, 4) is 0 Å². The first-order chi connectivity index (χ1) is 9.74. The standard InChI is InChI=1S/C14H12N2OS3/c17-13-12(8-11-2-1-6-20-11)16(14(18)15-13)5-3-10-4-7-19-9-10/h1-2,4,6-9H,3,5H2,(H,15,17,18)/b12-8-. The zero-order chi connectivity index (χ0) is 13.9. The SMILES string of the molecule is O=C1NC(=S)N(CCc2ccsc2)/C1=C\c1cccs1. The molecule has 0 saturated carbocycles. The number of rotatable bonds is 4. The summed E-state index contributed by atoms with van der Waals surface area (Å²) in [6, 6.07) is 6.06. The molecule has 1 fully saturated rings. The molecule has 102 valence electrons. The maximum absolute atomic E-state index is 12.0. The fourth-order valence-electron chi connectivity index (χ4n) is 2.01. The van der Waals surface area contributed by atoms with E-state index < -0.39 is 0 Å². The predicted molar refractivity (Wildman–Crippen MR) is 87.8 cm³/mol. The Morgan fingerprint density at radius 1 is 1.35 bits per heavy atom. The molecule has 0 aliphatic carbocycles. The highest BCUT2D eigenvalue weighted by molar-refractivity contribution is 7.80. The first-order valence-corrected chi connectivity index (χ1v) is 8.36. The van der Waals surface area contributed by atoms with Crippen molar-refractivity contribution in [3.05, 3.63) is 50.5 Å². The molecule has 0 atom stereocenters. The van der Waals surface area contributed by atoms with Gasteiger partial charge in [0.2, 0.25) is 0 Å². The minimum absolute atomic E-state index is 0.117. The molecule has 1 aliphatic rings. The van der Waals surface area contributed by atoms with Crippen molar-refractivity contribution < 1.29 is 4.79 Å². The summed E-state index contributed by atoms with van der Waals surface area (Å²) in [5, 5.41) is 9.38. The summed E-state index contributed by atoms with van der Waals surface area (Å²) in [5.74, 6) is -0.117. The van der Waals surface area contributed by atoms with Gasteiger partial charge in [-0.15, -0.1) is 11.3 Å². The smallest absolute Gasteiger partial charge is 0.274 e. The number of amides is 1. The minimum Gasteiger partial charge on any atom is -0.314 e. The lowest BCUT2D eigenvalue weighted by atomic mass is 10.2. The number of nitrogens with one attached hydrogen (secondary N) is 1. The summed E-state index contributed by atoms with van der Waals surface area (Å²) in [6.07, 6.45) is 2.77. The molecule has 3 nitrogen and oxygen atoms in total. The van der Waals surface area contributed by atoms with Gasteiger partial charge in [-0.3, -0.25) is 10.1 Å². The van der Waals surface area contributed by atoms with Crippen molar-refractivity contribution in [2.45, 2.75) is 6.42 Å². The van der Waals surface area contributed by atoms with E-state index in [4.69, 9.17) is 12.2 Å². The van der Waals surface area contributed by atoms with Crippen LogP contribution in [-0.4, -0.2) is 22.5 Å². The summed E-state index contributed by atoms with van der Waals surface area (Å²) in [4.78, 5) is 14.9. The van der Waals surface area contributed by atoms with Gasteiger partial charge >= 0.3 is 0 Å². The van der Waals surface area contributed by atoms with Crippen LogP contribution in [0.25, 0.3) is 6.08 Å². The van der Waals surface area contributed by atoms with Crippen LogP contribution in [0.2, 0.25) is 0 Å². The molecule has 2 aromatic rings. The number of thiophene rings is 2. The fraction of sp³-hybridized carbons (Fsp3) is 0.143. The molecule has 1 aliphatic heterocycles. The van der Waals surface area contributed by atoms with E-state index in [2.05, 4.69) is 22.1 Å². The van der Waals surface area contributed by atoms with Crippen molar-refractivity contribution in [1.82, 2.24) is 10.2 Å². The highest BCUT2D eigenvalue weighted by Gasteiger charge is 2.29. The topological polar surface area (TPSA) is 32.3 Å². The molecular weight excluding hydrogens is 308 g/mol. The highest BCUT2D eigenvalue weighted by atomic mass is 32.1. The largest absolute Gasteiger partial charge is 0.314 e. The number of thiocarbonyl (C=S) groups is 1. The molecule has 2 aromatic heterocycles. The quantitative estimate of drug-likeness (QED) is 0.694. The summed E-state index contributed by atoms with van der Waals surface area (Å²) in [7, 11) is 0. The minimum atomic E-state index is -0.117. The number of nitrogens with zero attached hydrogens (tertiary/aromatic N) is 1. The number of carbonyl (C=O) groups excluding carboxylic acids is 1. The highest BCUT2D eigenvalue weighted by Crippen LogP contribution is 2.20. The van der Waals surface area contributed by atoms with Gasteiger partial charge in [-0.25, -0.2) is 0 Å². The Labute approximate surface area is 130 Å². The third-order valence-corrected chi connectivity index (χ3v) is 4.89. The molecular formula is C14H12N2OS3. The van der Waals surface area contributed by atoms with Crippen molar-refractivity contribution in [2.24, 2.45) is 0 Å². The lowest BCUT2D eigenvalue weighted by molar-refractivity contribution is -0.115. The number of carbonyl (C=O) groups is 1. The average Bonchev–Trinajstić information content (AvgIpc) is 3.13. The van der Waals surface area contributed by atoms with Gasteiger partial charge in [-0.2, -0.15) is 11.3 Å². The van der Waals surface area contributed by atoms with Crippen LogP contribution in [0.1, 0.15) is 10.4 Å². The zero-order valence-electron chi connectivity index (χ0n) is 10.5. The summed E-state index contributed by atoms with van der Waals surface area (Å²) in [5.41, 5.74) is 1.90. The maximum Gasteiger partial charge on any atom is 0.274 e. The van der Waals surface area contributed by atoms with Crippen LogP contribution in [0.4, 0.5) is 0 Å². The van der Waals surface area contributed by atoms with Crippen LogP contribution in [0.15, 0.2) is 40.0 Å². The van der Waals surface area contributed by atoms with Crippen LogP contribution in [0.3, 0.4) is 0 Å². The van der Waals surface area contributed by atoms with Crippen LogP contribution in [-0.2, 0) is 11.2 Å². The number of hydrogen-bond acceptors (Lipinski definition) is 4. The van der Waals surface area contributed by atoms with Crippen LogP contribution < -0.4 is 5.32 Å². The van der Waals surface area contributed by atoms with E-state index in [0.717, 1.165) is 11.3 Å². The Bertz CT molecular complexity index is 644. The van der Waals surface area contributed by atoms with Crippen molar-refractivity contribution >= 4 is 52.0 Å². The molecule has 0 bridgehead atoms. The van der Waals surface area contributed by atoms with E-state index in [9.17, 15) is 4.79 Å². The van der Waals surface area contributed by atoms with Gasteiger partial charge in [0, 0.05) is 11.4 Å². The summed E-state index contributed by atoms with van der Waals surface area (Å²) < 4.78 is 0. The molecule has 0 spiro atoms. The maximum atomic E-state index is 12.0. The molecule has 0 aromatic carbocycles. The second-order valence-corrected chi connectivity index (χ2v) is 6.48. The van der Waals surface area contributed by atoms with E-state index in [0.29, 0.717) is 17.4 Å². The zero-order valence-corrected chi connectivity index (χ0v) is 13.0. The van der Waals surface area contributed by atoms with E-state index in [1.165, 1.54) is 5.56 Å². The molecule has 20 heavy (non-hydrogen) atoms. The Morgan fingerprint density at radius 2 is 2.25 bits per heavy atom. The average molecular weight is 320 g/mol. The molecule has 0 radical (unpaired) electrons. The van der Waals surface area contributed by atoms with E-state index in [1.54, 1.807) is 22.7 Å². The van der Waals surface area contributed by atoms with Crippen LogP contribution >= 0.6 is 34.9 Å². The third kappa shape index (κ3) is 2.82. The van der Waals surface area contributed by atoms with Crippen molar-refractivity contribution in [2.75, 3.05) is 6.54 Å². The molecule has 3 heterocycles. The molecule has 1 saturated heterocycles. The lowest BCUT2D eigenvalue weighted by Crippen LogP contribution is -2.29. The Balaban J connectivity index is 1.79. The summed E-state index contributed by atoms with van der Waals surface area (Å²) in [6.45, 7) is 0.714. The van der Waals surface area contributed by atoms with Gasteiger partial charge in [-0.1, -0.05) is 6.07 Å². The van der Waals surface area contributed by atoms with Gasteiger partial charge in [0.1, 0.15) is 5.70 Å². The Morgan fingerprint density at radius 3 is 2.95 bits per heavy atom. The molecule has 1 N–H and O–H groups in total. The van der Waals surface area contributed by atoms with Crippen LogP contribution in [0, 0.1) is 0 Å². The fourth-order valence-corrected chi connectivity index (χ4v) is 3.65. The molecule has 1 amide bonds. The van der Waals surface area contributed by atoms with Gasteiger partial charge in [-0.05, 0) is 58.6 Å². The normalized spacial score (nSPS) is 17.0. The predicted octanol–water partition coefficient (Wildman–Crippen LogP) is 3.11. The lowest BCUT2D eigenvalue weighted by Gasteiger charge is -2.16. The monoisotopic (exact) mass is 320 g/mol. The van der Waals surface area contributed by atoms with Crippen LogP contribution in [0.5, 0.6) is 0 Å². The second kappa shape index (κ2) is 5.87.